The highest BCUT2D eigenvalue weighted by Gasteiger charge is 2.24. The smallest absolute Gasteiger partial charge is 0.337 e. The molecule has 17 heavy (non-hydrogen) atoms. The molecule has 0 atom stereocenters. The number of nitrogens with zero attached hydrogens (tertiary/aromatic N) is 1. The first kappa shape index (κ1) is 13.8. The fourth-order valence-electron chi connectivity index (χ4n) is 1.16. The molecular formula is C9H11ClN2O4S. The van der Waals surface area contributed by atoms with E-state index in [-0.39, 0.29) is 21.2 Å². The fraction of sp³-hybridized carbons (Fsp3) is 0.222. The van der Waals surface area contributed by atoms with Gasteiger partial charge in [-0.3, -0.25) is 0 Å². The molecule has 0 aliphatic carbocycles. The van der Waals surface area contributed by atoms with Gasteiger partial charge in [0.15, 0.2) is 0 Å². The van der Waals surface area contributed by atoms with Gasteiger partial charge in [0.2, 0.25) is 10.0 Å². The summed E-state index contributed by atoms with van der Waals surface area (Å²) in [6.45, 7) is 0. The lowest BCUT2D eigenvalue weighted by atomic mass is 10.2. The third kappa shape index (κ3) is 2.36. The lowest BCUT2D eigenvalue weighted by Crippen LogP contribution is -2.23. The third-order valence-corrected chi connectivity index (χ3v) is 4.41. The summed E-state index contributed by atoms with van der Waals surface area (Å²) < 4.78 is 24.6. The number of anilines is 1. The molecule has 0 radical (unpaired) electrons. The zero-order chi connectivity index (χ0) is 13.4. The molecule has 0 amide bonds. The van der Waals surface area contributed by atoms with Crippen LogP contribution in [0, 0.1) is 0 Å². The van der Waals surface area contributed by atoms with E-state index in [1.54, 1.807) is 0 Å². The molecule has 0 saturated heterocycles. The summed E-state index contributed by atoms with van der Waals surface area (Å²) in [5.74, 6) is -1.27. The maximum atomic E-state index is 11.8. The van der Waals surface area contributed by atoms with Crippen molar-refractivity contribution in [3.63, 3.8) is 0 Å². The van der Waals surface area contributed by atoms with Crippen molar-refractivity contribution in [1.82, 2.24) is 4.31 Å². The SMILES string of the molecule is CN(C)S(=O)(=O)c1ccc(C(=O)O)c(Cl)c1N. The lowest BCUT2D eigenvalue weighted by molar-refractivity contribution is 0.0697. The Morgan fingerprint density at radius 3 is 2.35 bits per heavy atom. The van der Waals surface area contributed by atoms with Crippen LogP contribution in [0.4, 0.5) is 5.69 Å². The zero-order valence-electron chi connectivity index (χ0n) is 9.14. The first-order valence-corrected chi connectivity index (χ1v) is 6.25. The highest BCUT2D eigenvalue weighted by atomic mass is 35.5. The van der Waals surface area contributed by atoms with Crippen LogP contribution in [0.25, 0.3) is 0 Å². The summed E-state index contributed by atoms with van der Waals surface area (Å²) >= 11 is 5.72. The molecule has 0 aromatic heterocycles. The van der Waals surface area contributed by atoms with Crippen LogP contribution < -0.4 is 5.73 Å². The van der Waals surface area contributed by atoms with Gasteiger partial charge >= 0.3 is 5.97 Å². The number of hydrogen-bond acceptors (Lipinski definition) is 4. The first-order valence-electron chi connectivity index (χ1n) is 4.43. The Morgan fingerprint density at radius 1 is 1.41 bits per heavy atom. The maximum absolute atomic E-state index is 11.8. The Balaban J connectivity index is 3.52. The Kier molecular flexibility index (Phi) is 3.65. The molecular weight excluding hydrogens is 268 g/mol. The van der Waals surface area contributed by atoms with Crippen molar-refractivity contribution in [1.29, 1.82) is 0 Å². The summed E-state index contributed by atoms with van der Waals surface area (Å²) in [6, 6.07) is 2.23. The normalized spacial score (nSPS) is 11.8. The van der Waals surface area contributed by atoms with Crippen LogP contribution in [0.1, 0.15) is 10.4 Å². The predicted molar refractivity (Wildman–Crippen MR) is 63.7 cm³/mol. The molecule has 0 bridgehead atoms. The van der Waals surface area contributed by atoms with Crippen LogP contribution in [0.3, 0.4) is 0 Å². The number of sulfonamides is 1. The van der Waals surface area contributed by atoms with Crippen molar-refractivity contribution in [2.75, 3.05) is 19.8 Å². The number of carboxylic acids is 1. The fourth-order valence-corrected chi connectivity index (χ4v) is 2.48. The highest BCUT2D eigenvalue weighted by Crippen LogP contribution is 2.31. The largest absolute Gasteiger partial charge is 0.478 e. The highest BCUT2D eigenvalue weighted by molar-refractivity contribution is 7.89. The summed E-state index contributed by atoms with van der Waals surface area (Å²) in [7, 11) is -1.06. The molecule has 94 valence electrons. The molecule has 0 saturated carbocycles. The Labute approximate surface area is 104 Å². The molecule has 8 heteroatoms. The quantitative estimate of drug-likeness (QED) is 0.799. The Morgan fingerprint density at radius 2 is 1.94 bits per heavy atom. The van der Waals surface area contributed by atoms with Crippen LogP contribution in [-0.4, -0.2) is 37.9 Å². The minimum Gasteiger partial charge on any atom is -0.478 e. The van der Waals surface area contributed by atoms with Crippen LogP contribution in [-0.2, 0) is 10.0 Å². The van der Waals surface area contributed by atoms with Gasteiger partial charge in [-0.05, 0) is 12.1 Å². The number of aromatic carboxylic acids is 1. The van der Waals surface area contributed by atoms with E-state index in [2.05, 4.69) is 0 Å². The van der Waals surface area contributed by atoms with Crippen molar-refractivity contribution < 1.29 is 18.3 Å². The molecule has 6 nitrogen and oxygen atoms in total. The first-order chi connectivity index (χ1) is 7.69. The number of benzene rings is 1. The van der Waals surface area contributed by atoms with Gasteiger partial charge in [0.25, 0.3) is 0 Å². The van der Waals surface area contributed by atoms with E-state index < -0.39 is 16.0 Å². The number of nitrogen functional groups attached to an aromatic ring is 1. The third-order valence-electron chi connectivity index (χ3n) is 2.13. The minimum absolute atomic E-state index is 0.211. The summed E-state index contributed by atoms with van der Waals surface area (Å²) in [6.07, 6.45) is 0. The average Bonchev–Trinajstić information content (AvgIpc) is 2.20. The van der Waals surface area contributed by atoms with Crippen LogP contribution in [0.2, 0.25) is 5.02 Å². The van der Waals surface area contributed by atoms with Crippen molar-refractivity contribution in [2.45, 2.75) is 4.90 Å². The summed E-state index contributed by atoms with van der Waals surface area (Å²) in [5.41, 5.74) is 5.05. The molecule has 0 unspecified atom stereocenters. The Bertz CT molecular complexity index is 569. The zero-order valence-corrected chi connectivity index (χ0v) is 10.7. The molecule has 0 heterocycles. The van der Waals surface area contributed by atoms with E-state index in [0.717, 1.165) is 16.4 Å². The second kappa shape index (κ2) is 4.52. The molecule has 1 rings (SSSR count). The van der Waals surface area contributed by atoms with Gasteiger partial charge in [-0.2, -0.15) is 0 Å². The molecule has 0 aliphatic rings. The van der Waals surface area contributed by atoms with E-state index in [9.17, 15) is 13.2 Å². The maximum Gasteiger partial charge on any atom is 0.337 e. The van der Waals surface area contributed by atoms with Gasteiger partial charge in [0, 0.05) is 14.1 Å². The second-order valence-corrected chi connectivity index (χ2v) is 5.93. The minimum atomic E-state index is -3.74. The van der Waals surface area contributed by atoms with Crippen LogP contribution in [0.15, 0.2) is 17.0 Å². The van der Waals surface area contributed by atoms with E-state index >= 15 is 0 Å². The molecule has 0 spiro atoms. The van der Waals surface area contributed by atoms with Gasteiger partial charge in [0.1, 0.15) is 4.90 Å². The van der Waals surface area contributed by atoms with Gasteiger partial charge in [-0.15, -0.1) is 0 Å². The van der Waals surface area contributed by atoms with Crippen molar-refractivity contribution in [3.8, 4) is 0 Å². The average molecular weight is 279 g/mol. The number of carbonyl (C=O) groups is 1. The van der Waals surface area contributed by atoms with Crippen LogP contribution in [0.5, 0.6) is 0 Å². The number of carboxylic acid groups (broad SMARTS) is 1. The lowest BCUT2D eigenvalue weighted by Gasteiger charge is -2.14. The topological polar surface area (TPSA) is 101 Å². The molecule has 3 N–H and O–H groups in total. The van der Waals surface area contributed by atoms with Gasteiger partial charge in [-0.1, -0.05) is 11.6 Å². The molecule has 0 fully saturated rings. The van der Waals surface area contributed by atoms with Gasteiger partial charge < -0.3 is 10.8 Å². The number of rotatable bonds is 3. The van der Waals surface area contributed by atoms with Crippen molar-refractivity contribution in [2.24, 2.45) is 0 Å². The van der Waals surface area contributed by atoms with Crippen LogP contribution >= 0.6 is 11.6 Å². The number of halogens is 1. The molecule has 1 aromatic rings. The van der Waals surface area contributed by atoms with E-state index in [1.807, 2.05) is 0 Å². The summed E-state index contributed by atoms with van der Waals surface area (Å²) in [5, 5.41) is 8.52. The number of hydrogen-bond donors (Lipinski definition) is 2. The summed E-state index contributed by atoms with van der Waals surface area (Å²) in [4.78, 5) is 10.6. The van der Waals surface area contributed by atoms with Crippen molar-refractivity contribution >= 4 is 33.3 Å². The monoisotopic (exact) mass is 278 g/mol. The second-order valence-electron chi connectivity index (χ2n) is 3.43. The van der Waals surface area contributed by atoms with E-state index in [4.69, 9.17) is 22.4 Å². The molecule has 0 aliphatic heterocycles. The Hall–Kier alpha value is -1.31. The van der Waals surface area contributed by atoms with E-state index in [0.29, 0.717) is 0 Å². The standard InChI is InChI=1S/C9H11ClN2O4S/c1-12(2)17(15,16)6-4-3-5(9(13)14)7(10)8(6)11/h3-4H,11H2,1-2H3,(H,13,14). The van der Waals surface area contributed by atoms with Crippen molar-refractivity contribution in [3.05, 3.63) is 22.7 Å². The van der Waals surface area contributed by atoms with E-state index in [1.165, 1.54) is 14.1 Å². The molecule has 1 aromatic carbocycles. The van der Waals surface area contributed by atoms with Gasteiger partial charge in [0.05, 0.1) is 16.3 Å². The predicted octanol–water partition coefficient (Wildman–Crippen LogP) is 0.871. The van der Waals surface area contributed by atoms with Gasteiger partial charge in [-0.25, -0.2) is 17.5 Å². The number of nitrogens with two attached hydrogens (primary N) is 1.